The van der Waals surface area contributed by atoms with Crippen molar-refractivity contribution in [3.8, 4) is 0 Å². The highest BCUT2D eigenvalue weighted by Crippen LogP contribution is 2.39. The summed E-state index contributed by atoms with van der Waals surface area (Å²) in [7, 11) is 0. The van der Waals surface area contributed by atoms with Gasteiger partial charge in [0.25, 0.3) is 0 Å². The van der Waals surface area contributed by atoms with Crippen molar-refractivity contribution < 1.29 is 0 Å². The number of hydrogen-bond donors (Lipinski definition) is 1. The van der Waals surface area contributed by atoms with Crippen LogP contribution in [0, 0.1) is 13.8 Å². The average molecular weight is 251 g/mol. The molecule has 1 heteroatoms. The molecule has 0 radical (unpaired) electrons. The zero-order valence-electron chi connectivity index (χ0n) is 11.7. The lowest BCUT2D eigenvalue weighted by molar-refractivity contribution is 1.10. The Bertz CT molecular complexity index is 565. The lowest BCUT2D eigenvalue weighted by Crippen LogP contribution is -2.01. The van der Waals surface area contributed by atoms with Gasteiger partial charge in [-0.3, -0.25) is 0 Å². The molecule has 0 aromatic heterocycles. The van der Waals surface area contributed by atoms with Crippen LogP contribution >= 0.6 is 0 Å². The van der Waals surface area contributed by atoms with Crippen LogP contribution in [0.15, 0.2) is 42.5 Å². The average Bonchev–Trinajstić information content (AvgIpc) is 3.23. The number of rotatable bonds is 4. The molecule has 0 amide bonds. The summed E-state index contributed by atoms with van der Waals surface area (Å²) in [4.78, 5) is 0. The van der Waals surface area contributed by atoms with Crippen molar-refractivity contribution >= 4 is 5.69 Å². The quantitative estimate of drug-likeness (QED) is 0.823. The fourth-order valence-electron chi connectivity index (χ4n) is 2.53. The predicted molar refractivity (Wildman–Crippen MR) is 81.7 cm³/mol. The number of benzene rings is 2. The highest BCUT2D eigenvalue weighted by Gasteiger charge is 2.22. The van der Waals surface area contributed by atoms with Gasteiger partial charge >= 0.3 is 0 Å². The van der Waals surface area contributed by atoms with Gasteiger partial charge in [0, 0.05) is 12.2 Å². The fourth-order valence-corrected chi connectivity index (χ4v) is 2.53. The smallest absolute Gasteiger partial charge is 0.0400 e. The molecule has 1 saturated carbocycles. The summed E-state index contributed by atoms with van der Waals surface area (Å²) >= 11 is 0. The number of nitrogens with one attached hydrogen (secondary N) is 1. The van der Waals surface area contributed by atoms with Crippen LogP contribution in [0.4, 0.5) is 5.69 Å². The molecule has 98 valence electrons. The highest BCUT2D eigenvalue weighted by atomic mass is 14.9. The van der Waals surface area contributed by atoms with Crippen LogP contribution in [0.2, 0.25) is 0 Å². The molecule has 1 N–H and O–H groups in total. The van der Waals surface area contributed by atoms with Crippen LogP contribution in [0.25, 0.3) is 0 Å². The third-order valence-electron chi connectivity index (χ3n) is 3.89. The summed E-state index contributed by atoms with van der Waals surface area (Å²) < 4.78 is 0. The molecule has 1 aliphatic carbocycles. The first-order valence-electron chi connectivity index (χ1n) is 7.12. The Hall–Kier alpha value is -1.76. The maximum absolute atomic E-state index is 3.52. The van der Waals surface area contributed by atoms with E-state index in [-0.39, 0.29) is 0 Å². The maximum Gasteiger partial charge on any atom is 0.0400 e. The molecule has 1 aliphatic rings. The van der Waals surface area contributed by atoms with E-state index in [4.69, 9.17) is 0 Å². The second-order valence-electron chi connectivity index (χ2n) is 5.69. The summed E-state index contributed by atoms with van der Waals surface area (Å²) in [5.41, 5.74) is 6.72. The Morgan fingerprint density at radius 2 is 1.74 bits per heavy atom. The second kappa shape index (κ2) is 5.08. The van der Waals surface area contributed by atoms with Crippen LogP contribution in [-0.2, 0) is 6.54 Å². The standard InChI is InChI=1S/C18H21N/c1-13-3-10-18(14(2)11-13)19-12-15-4-6-16(7-5-15)17-8-9-17/h3-7,10-11,17,19H,8-9,12H2,1-2H3. The van der Waals surface area contributed by atoms with Gasteiger partial charge in [0.05, 0.1) is 0 Å². The molecule has 0 saturated heterocycles. The molecule has 1 fully saturated rings. The summed E-state index contributed by atoms with van der Waals surface area (Å²) in [6, 6.07) is 15.6. The molecule has 1 nitrogen and oxygen atoms in total. The van der Waals surface area contributed by atoms with E-state index >= 15 is 0 Å². The molecule has 0 heterocycles. The topological polar surface area (TPSA) is 12.0 Å². The van der Waals surface area contributed by atoms with Gasteiger partial charge in [-0.1, -0.05) is 42.0 Å². The highest BCUT2D eigenvalue weighted by molar-refractivity contribution is 5.52. The van der Waals surface area contributed by atoms with Gasteiger partial charge in [0.15, 0.2) is 0 Å². The summed E-state index contributed by atoms with van der Waals surface area (Å²) in [5.74, 6) is 0.848. The largest absolute Gasteiger partial charge is 0.381 e. The molecule has 2 aromatic rings. The molecule has 3 rings (SSSR count). The number of hydrogen-bond acceptors (Lipinski definition) is 1. The first-order chi connectivity index (χ1) is 9.22. The fraction of sp³-hybridized carbons (Fsp3) is 0.333. The van der Waals surface area contributed by atoms with E-state index in [0.717, 1.165) is 12.5 Å². The Kier molecular flexibility index (Phi) is 3.29. The molecular weight excluding hydrogens is 230 g/mol. The van der Waals surface area contributed by atoms with Crippen molar-refractivity contribution in [2.45, 2.75) is 39.2 Å². The minimum absolute atomic E-state index is 0.848. The molecular formula is C18H21N. The Morgan fingerprint density at radius 3 is 2.37 bits per heavy atom. The van der Waals surface area contributed by atoms with E-state index in [9.17, 15) is 0 Å². The summed E-state index contributed by atoms with van der Waals surface area (Å²) in [6.07, 6.45) is 2.75. The van der Waals surface area contributed by atoms with Gasteiger partial charge < -0.3 is 5.32 Å². The van der Waals surface area contributed by atoms with Crippen molar-refractivity contribution in [1.29, 1.82) is 0 Å². The molecule has 0 bridgehead atoms. The van der Waals surface area contributed by atoms with Gasteiger partial charge in [0.2, 0.25) is 0 Å². The lowest BCUT2D eigenvalue weighted by Gasteiger charge is -2.10. The third kappa shape index (κ3) is 2.98. The molecule has 0 spiro atoms. The SMILES string of the molecule is Cc1ccc(NCc2ccc(C3CC3)cc2)c(C)c1. The first-order valence-corrected chi connectivity index (χ1v) is 7.12. The summed E-state index contributed by atoms with van der Waals surface area (Å²) in [6.45, 7) is 5.19. The van der Waals surface area contributed by atoms with Gasteiger partial charge in [0.1, 0.15) is 0 Å². The zero-order chi connectivity index (χ0) is 13.2. The van der Waals surface area contributed by atoms with Crippen LogP contribution < -0.4 is 5.32 Å². The van der Waals surface area contributed by atoms with Crippen molar-refractivity contribution in [2.24, 2.45) is 0 Å². The second-order valence-corrected chi connectivity index (χ2v) is 5.69. The van der Waals surface area contributed by atoms with Gasteiger partial charge in [-0.15, -0.1) is 0 Å². The van der Waals surface area contributed by atoms with Crippen LogP contribution in [0.1, 0.15) is 41.0 Å². The van der Waals surface area contributed by atoms with E-state index in [1.807, 2.05) is 0 Å². The Morgan fingerprint density at radius 1 is 1.00 bits per heavy atom. The van der Waals surface area contributed by atoms with Crippen LogP contribution in [-0.4, -0.2) is 0 Å². The molecule has 2 aromatic carbocycles. The lowest BCUT2D eigenvalue weighted by atomic mass is 10.1. The molecule has 0 aliphatic heterocycles. The van der Waals surface area contributed by atoms with Gasteiger partial charge in [-0.05, 0) is 55.4 Å². The van der Waals surface area contributed by atoms with Gasteiger partial charge in [-0.2, -0.15) is 0 Å². The van der Waals surface area contributed by atoms with Crippen LogP contribution in [0.5, 0.6) is 0 Å². The number of aryl methyl sites for hydroxylation is 2. The van der Waals surface area contributed by atoms with Crippen molar-refractivity contribution in [1.82, 2.24) is 0 Å². The minimum atomic E-state index is 0.848. The molecule has 0 unspecified atom stereocenters. The Labute approximate surface area is 115 Å². The Balaban J connectivity index is 1.64. The molecule has 0 atom stereocenters. The first kappa shape index (κ1) is 12.3. The zero-order valence-corrected chi connectivity index (χ0v) is 11.7. The summed E-state index contributed by atoms with van der Waals surface area (Å²) in [5, 5.41) is 3.52. The van der Waals surface area contributed by atoms with Crippen molar-refractivity contribution in [2.75, 3.05) is 5.32 Å². The normalized spacial score (nSPS) is 14.4. The molecule has 19 heavy (non-hydrogen) atoms. The third-order valence-corrected chi connectivity index (χ3v) is 3.89. The van der Waals surface area contributed by atoms with Crippen molar-refractivity contribution in [3.05, 3.63) is 64.7 Å². The predicted octanol–water partition coefficient (Wildman–Crippen LogP) is 4.79. The van der Waals surface area contributed by atoms with E-state index in [1.165, 1.54) is 40.8 Å². The van der Waals surface area contributed by atoms with E-state index in [2.05, 4.69) is 61.6 Å². The monoisotopic (exact) mass is 251 g/mol. The van der Waals surface area contributed by atoms with Crippen molar-refractivity contribution in [3.63, 3.8) is 0 Å². The van der Waals surface area contributed by atoms with E-state index in [1.54, 1.807) is 0 Å². The number of anilines is 1. The van der Waals surface area contributed by atoms with E-state index in [0.29, 0.717) is 0 Å². The van der Waals surface area contributed by atoms with Gasteiger partial charge in [-0.25, -0.2) is 0 Å². The maximum atomic E-state index is 3.52. The van der Waals surface area contributed by atoms with Crippen LogP contribution in [0.3, 0.4) is 0 Å². The van der Waals surface area contributed by atoms with E-state index < -0.39 is 0 Å². The minimum Gasteiger partial charge on any atom is -0.381 e.